The number of aryl methyl sites for hydroxylation is 1. The lowest BCUT2D eigenvalue weighted by atomic mass is 10.4. The monoisotopic (exact) mass is 207 g/mol. The Bertz CT molecular complexity index is 395. The predicted octanol–water partition coefficient (Wildman–Crippen LogP) is 1.21. The summed E-state index contributed by atoms with van der Waals surface area (Å²) in [4.78, 5) is 14.5. The highest BCUT2D eigenvalue weighted by Gasteiger charge is 2.13. The summed E-state index contributed by atoms with van der Waals surface area (Å²) in [5.74, 6) is -0.0528. The van der Waals surface area contributed by atoms with E-state index in [-0.39, 0.29) is 6.10 Å². The molecular formula is C10H13N3O2. The van der Waals surface area contributed by atoms with E-state index in [1.165, 1.54) is 10.7 Å². The first kappa shape index (κ1) is 11.2. The Morgan fingerprint density at radius 3 is 3.00 bits per heavy atom. The van der Waals surface area contributed by atoms with Gasteiger partial charge in [0.2, 0.25) is 5.88 Å². The molecule has 1 atom stereocenters. The van der Waals surface area contributed by atoms with Crippen LogP contribution in [-0.2, 0) is 7.05 Å². The predicted molar refractivity (Wildman–Crippen MR) is 57.4 cm³/mol. The SMILES string of the molecule is C=CC(C)Oc1cc(C(=O)N=C)n(C)n1. The van der Waals surface area contributed by atoms with Crippen molar-refractivity contribution < 1.29 is 9.53 Å². The van der Waals surface area contributed by atoms with Crippen molar-refractivity contribution in [2.24, 2.45) is 12.0 Å². The first-order valence-corrected chi connectivity index (χ1v) is 4.42. The number of carbonyl (C=O) groups excluding carboxylic acids is 1. The van der Waals surface area contributed by atoms with Crippen LogP contribution in [0.15, 0.2) is 23.7 Å². The van der Waals surface area contributed by atoms with E-state index in [1.807, 2.05) is 6.92 Å². The summed E-state index contributed by atoms with van der Waals surface area (Å²) < 4.78 is 6.76. The van der Waals surface area contributed by atoms with Crippen molar-refractivity contribution in [2.45, 2.75) is 13.0 Å². The smallest absolute Gasteiger partial charge is 0.294 e. The minimum Gasteiger partial charge on any atom is -0.469 e. The Labute approximate surface area is 88.1 Å². The van der Waals surface area contributed by atoms with Crippen LogP contribution in [0.3, 0.4) is 0 Å². The molecule has 0 aliphatic carbocycles. The van der Waals surface area contributed by atoms with Gasteiger partial charge in [-0.05, 0) is 13.6 Å². The van der Waals surface area contributed by atoms with Gasteiger partial charge in [-0.25, -0.2) is 4.99 Å². The van der Waals surface area contributed by atoms with Crippen molar-refractivity contribution in [2.75, 3.05) is 0 Å². The molecule has 0 spiro atoms. The molecule has 0 aliphatic heterocycles. The van der Waals surface area contributed by atoms with Crippen LogP contribution in [0.25, 0.3) is 0 Å². The maximum atomic E-state index is 11.2. The second-order valence-corrected chi connectivity index (χ2v) is 3.01. The van der Waals surface area contributed by atoms with Crippen molar-refractivity contribution in [1.29, 1.82) is 0 Å². The van der Waals surface area contributed by atoms with Gasteiger partial charge in [-0.1, -0.05) is 12.7 Å². The zero-order chi connectivity index (χ0) is 11.4. The molecule has 0 aromatic carbocycles. The van der Waals surface area contributed by atoms with Gasteiger partial charge in [0.1, 0.15) is 11.8 Å². The molecular weight excluding hydrogens is 194 g/mol. The summed E-state index contributed by atoms with van der Waals surface area (Å²) in [6.45, 7) is 8.58. The number of aromatic nitrogens is 2. The molecule has 5 nitrogen and oxygen atoms in total. The number of rotatable bonds is 4. The van der Waals surface area contributed by atoms with Gasteiger partial charge in [0.05, 0.1) is 0 Å². The molecule has 1 aromatic rings. The van der Waals surface area contributed by atoms with E-state index in [0.717, 1.165) is 0 Å². The Kier molecular flexibility index (Phi) is 3.38. The molecule has 1 unspecified atom stereocenters. The summed E-state index contributed by atoms with van der Waals surface area (Å²) in [5.41, 5.74) is 0.344. The zero-order valence-electron chi connectivity index (χ0n) is 8.80. The van der Waals surface area contributed by atoms with Crippen molar-refractivity contribution >= 4 is 12.6 Å². The second kappa shape index (κ2) is 4.54. The highest BCUT2D eigenvalue weighted by atomic mass is 16.5. The molecule has 0 saturated heterocycles. The van der Waals surface area contributed by atoms with Crippen molar-refractivity contribution in [3.8, 4) is 5.88 Å². The van der Waals surface area contributed by atoms with Gasteiger partial charge in [-0.3, -0.25) is 9.48 Å². The summed E-state index contributed by atoms with van der Waals surface area (Å²) in [5, 5.41) is 4.01. The van der Waals surface area contributed by atoms with Gasteiger partial charge in [-0.15, -0.1) is 5.10 Å². The van der Waals surface area contributed by atoms with Crippen LogP contribution in [0.2, 0.25) is 0 Å². The first-order valence-electron chi connectivity index (χ1n) is 4.42. The van der Waals surface area contributed by atoms with Gasteiger partial charge in [0, 0.05) is 13.1 Å². The van der Waals surface area contributed by atoms with E-state index in [9.17, 15) is 4.79 Å². The molecule has 80 valence electrons. The quantitative estimate of drug-likeness (QED) is 0.551. The van der Waals surface area contributed by atoms with Crippen LogP contribution in [0.1, 0.15) is 17.4 Å². The van der Waals surface area contributed by atoms with E-state index in [2.05, 4.69) is 23.4 Å². The minimum absolute atomic E-state index is 0.153. The summed E-state index contributed by atoms with van der Waals surface area (Å²) >= 11 is 0. The number of amides is 1. The highest BCUT2D eigenvalue weighted by Crippen LogP contribution is 2.13. The van der Waals surface area contributed by atoms with E-state index in [4.69, 9.17) is 4.74 Å². The Morgan fingerprint density at radius 1 is 1.80 bits per heavy atom. The fourth-order valence-electron chi connectivity index (χ4n) is 1.02. The molecule has 0 bridgehead atoms. The van der Waals surface area contributed by atoms with Crippen molar-refractivity contribution in [3.63, 3.8) is 0 Å². The molecule has 1 amide bonds. The number of hydrogen-bond donors (Lipinski definition) is 0. The Hall–Kier alpha value is -1.91. The Morgan fingerprint density at radius 2 is 2.47 bits per heavy atom. The maximum Gasteiger partial charge on any atom is 0.294 e. The fraction of sp³-hybridized carbons (Fsp3) is 0.300. The number of nitrogens with zero attached hydrogens (tertiary/aromatic N) is 3. The molecule has 1 aromatic heterocycles. The molecule has 0 radical (unpaired) electrons. The summed E-state index contributed by atoms with van der Waals surface area (Å²) in [7, 11) is 1.64. The third-order valence-electron chi connectivity index (χ3n) is 1.86. The van der Waals surface area contributed by atoms with Gasteiger partial charge in [0.15, 0.2) is 0 Å². The van der Waals surface area contributed by atoms with E-state index < -0.39 is 5.91 Å². The lowest BCUT2D eigenvalue weighted by Gasteiger charge is -2.05. The molecule has 15 heavy (non-hydrogen) atoms. The Balaban J connectivity index is 2.90. The van der Waals surface area contributed by atoms with Crippen LogP contribution >= 0.6 is 0 Å². The summed E-state index contributed by atoms with van der Waals surface area (Å²) in [6.07, 6.45) is 1.49. The highest BCUT2D eigenvalue weighted by molar-refractivity contribution is 5.95. The molecule has 5 heteroatoms. The number of ether oxygens (including phenoxy) is 1. The lowest BCUT2D eigenvalue weighted by Crippen LogP contribution is -2.07. The van der Waals surface area contributed by atoms with Gasteiger partial charge in [-0.2, -0.15) is 0 Å². The molecule has 0 N–H and O–H groups in total. The molecule has 0 saturated carbocycles. The molecule has 0 fully saturated rings. The minimum atomic E-state index is -0.425. The average Bonchev–Trinajstić information content (AvgIpc) is 2.58. The topological polar surface area (TPSA) is 56.5 Å². The van der Waals surface area contributed by atoms with E-state index >= 15 is 0 Å². The standard InChI is InChI=1S/C10H13N3O2/c1-5-7(2)15-9-6-8(10(14)11-3)13(4)12-9/h5-7H,1,3H2,2,4H3. The zero-order valence-corrected chi connectivity index (χ0v) is 8.80. The molecule has 1 rings (SSSR count). The third-order valence-corrected chi connectivity index (χ3v) is 1.86. The van der Waals surface area contributed by atoms with Crippen LogP contribution in [-0.4, -0.2) is 28.5 Å². The summed E-state index contributed by atoms with van der Waals surface area (Å²) in [6, 6.07) is 1.52. The van der Waals surface area contributed by atoms with E-state index in [1.54, 1.807) is 13.1 Å². The van der Waals surface area contributed by atoms with Crippen LogP contribution in [0.4, 0.5) is 0 Å². The second-order valence-electron chi connectivity index (χ2n) is 3.01. The van der Waals surface area contributed by atoms with Gasteiger partial charge < -0.3 is 4.74 Å². The maximum absolute atomic E-state index is 11.2. The van der Waals surface area contributed by atoms with Crippen LogP contribution < -0.4 is 4.74 Å². The van der Waals surface area contributed by atoms with Crippen molar-refractivity contribution in [1.82, 2.24) is 9.78 Å². The number of hydrogen-bond acceptors (Lipinski definition) is 3. The fourth-order valence-corrected chi connectivity index (χ4v) is 1.02. The normalized spacial score (nSPS) is 11.9. The number of carbonyl (C=O) groups is 1. The number of aliphatic imine (C=N–C) groups is 1. The van der Waals surface area contributed by atoms with Crippen LogP contribution in [0.5, 0.6) is 5.88 Å². The van der Waals surface area contributed by atoms with Gasteiger partial charge >= 0.3 is 0 Å². The first-order chi connectivity index (χ1) is 7.08. The van der Waals surface area contributed by atoms with Crippen LogP contribution in [0, 0.1) is 0 Å². The van der Waals surface area contributed by atoms with Crippen molar-refractivity contribution in [3.05, 3.63) is 24.4 Å². The largest absolute Gasteiger partial charge is 0.469 e. The van der Waals surface area contributed by atoms with Gasteiger partial charge in [0.25, 0.3) is 5.91 Å². The lowest BCUT2D eigenvalue weighted by molar-refractivity contribution is 0.0995. The third kappa shape index (κ3) is 2.52. The van der Waals surface area contributed by atoms with E-state index in [0.29, 0.717) is 11.6 Å². The molecule has 0 aliphatic rings. The average molecular weight is 207 g/mol. The molecule has 1 heterocycles.